The highest BCUT2D eigenvalue weighted by Crippen LogP contribution is 2.41. The number of nitrogens with two attached hydrogens (primary N) is 1. The van der Waals surface area contributed by atoms with Crippen LogP contribution in [-0.4, -0.2) is 59.4 Å². The Labute approximate surface area is 221 Å². The van der Waals surface area contributed by atoms with Gasteiger partial charge in [0.25, 0.3) is 0 Å². The highest BCUT2D eigenvalue weighted by Gasteiger charge is 2.32. The van der Waals surface area contributed by atoms with E-state index in [0.29, 0.717) is 29.5 Å². The number of pyridine rings is 1. The topological polar surface area (TPSA) is 92.5 Å². The maximum atomic E-state index is 14.9. The van der Waals surface area contributed by atoms with Crippen molar-refractivity contribution in [2.24, 2.45) is 0 Å². The van der Waals surface area contributed by atoms with Gasteiger partial charge in [0.1, 0.15) is 16.9 Å². The number of hydrogen-bond acceptors (Lipinski definition) is 7. The third kappa shape index (κ3) is 4.86. The van der Waals surface area contributed by atoms with Crippen LogP contribution in [0, 0.1) is 5.82 Å². The quantitative estimate of drug-likeness (QED) is 0.314. The van der Waals surface area contributed by atoms with Crippen LogP contribution in [0.1, 0.15) is 36.8 Å². The molecule has 2 aromatic heterocycles. The van der Waals surface area contributed by atoms with Crippen molar-refractivity contribution >= 4 is 22.5 Å². The van der Waals surface area contributed by atoms with Gasteiger partial charge in [-0.05, 0) is 68.6 Å². The first-order valence-corrected chi connectivity index (χ1v) is 13.3. The summed E-state index contributed by atoms with van der Waals surface area (Å²) >= 11 is 0. The Balaban J connectivity index is 1.42. The van der Waals surface area contributed by atoms with Gasteiger partial charge in [0.15, 0.2) is 23.0 Å². The summed E-state index contributed by atoms with van der Waals surface area (Å²) in [5.74, 6) is 1.77. The van der Waals surface area contributed by atoms with Crippen LogP contribution in [0.5, 0.6) is 17.2 Å². The Morgan fingerprint density at radius 2 is 1.89 bits per heavy atom. The number of anilines is 2. The van der Waals surface area contributed by atoms with Crippen LogP contribution in [-0.2, 0) is 6.42 Å². The van der Waals surface area contributed by atoms with Crippen molar-refractivity contribution in [1.82, 2.24) is 20.1 Å². The zero-order chi connectivity index (χ0) is 26.1. The molecule has 2 saturated heterocycles. The maximum Gasteiger partial charge on any atom is 0.167 e. The molecule has 2 aliphatic rings. The number of aromatic amines is 1. The van der Waals surface area contributed by atoms with E-state index in [1.807, 2.05) is 24.3 Å². The lowest BCUT2D eigenvalue weighted by atomic mass is 10.0. The number of likely N-dealkylation sites (tertiary alicyclic amines) is 1. The van der Waals surface area contributed by atoms with Gasteiger partial charge in [-0.25, -0.2) is 9.37 Å². The van der Waals surface area contributed by atoms with Crippen LogP contribution in [0.15, 0.2) is 48.7 Å². The number of ether oxygens (including phenoxy) is 2. The number of fused-ring (bicyclic) bond motifs is 1. The van der Waals surface area contributed by atoms with Gasteiger partial charge in [0.05, 0.1) is 7.11 Å². The number of H-pyrrole nitrogens is 1. The first-order valence-electron chi connectivity index (χ1n) is 13.3. The monoisotopic (exact) mass is 516 g/mol. The normalized spacial score (nSPS) is 17.9. The number of methoxy groups -OCH3 is 1. The van der Waals surface area contributed by atoms with Gasteiger partial charge in [0, 0.05) is 49.1 Å². The average molecular weight is 517 g/mol. The largest absolute Gasteiger partial charge is 0.497 e. The molecule has 4 aromatic rings. The molecule has 2 fully saturated rings. The fourth-order valence-corrected chi connectivity index (χ4v) is 5.68. The van der Waals surface area contributed by atoms with Gasteiger partial charge in [-0.1, -0.05) is 12.1 Å². The lowest BCUT2D eigenvalue weighted by Gasteiger charge is -2.29. The van der Waals surface area contributed by atoms with Crippen LogP contribution in [0.2, 0.25) is 0 Å². The molecule has 0 unspecified atom stereocenters. The number of rotatable bonds is 8. The van der Waals surface area contributed by atoms with Crippen molar-refractivity contribution in [1.29, 1.82) is 0 Å². The minimum atomic E-state index is -0.511. The fraction of sp³-hybridized carbons (Fsp3) is 0.379. The summed E-state index contributed by atoms with van der Waals surface area (Å²) in [6.45, 7) is 4.25. The zero-order valence-corrected chi connectivity index (χ0v) is 21.6. The van der Waals surface area contributed by atoms with Crippen molar-refractivity contribution in [3.05, 3.63) is 65.6 Å². The second-order valence-electron chi connectivity index (χ2n) is 10.2. The van der Waals surface area contributed by atoms with Crippen LogP contribution < -0.4 is 20.1 Å². The molecule has 3 N–H and O–H groups in total. The third-order valence-electron chi connectivity index (χ3n) is 7.63. The summed E-state index contributed by atoms with van der Waals surface area (Å²) in [6.07, 6.45) is 7.09. The molecule has 0 saturated carbocycles. The van der Waals surface area contributed by atoms with Gasteiger partial charge in [0.2, 0.25) is 0 Å². The molecule has 6 rings (SSSR count). The first-order chi connectivity index (χ1) is 18.6. The van der Waals surface area contributed by atoms with E-state index in [1.54, 1.807) is 25.4 Å². The Kier molecular flexibility index (Phi) is 6.76. The predicted octanol–water partition coefficient (Wildman–Crippen LogP) is 5.14. The number of nitrogen functional groups attached to an aromatic ring is 1. The lowest BCUT2D eigenvalue weighted by molar-refractivity contribution is 0.313. The molecule has 0 amide bonds. The van der Waals surface area contributed by atoms with Crippen LogP contribution in [0.25, 0.3) is 11.0 Å². The highest BCUT2D eigenvalue weighted by molar-refractivity contribution is 5.95. The van der Waals surface area contributed by atoms with Crippen molar-refractivity contribution in [3.63, 3.8) is 0 Å². The number of benzene rings is 2. The molecular formula is C29H33FN6O2. The van der Waals surface area contributed by atoms with E-state index in [9.17, 15) is 4.39 Å². The Morgan fingerprint density at radius 1 is 1.08 bits per heavy atom. The molecule has 0 radical (unpaired) electrons. The molecular weight excluding hydrogens is 483 g/mol. The van der Waals surface area contributed by atoms with Crippen LogP contribution in [0.4, 0.5) is 15.9 Å². The van der Waals surface area contributed by atoms with Gasteiger partial charge in [-0.15, -0.1) is 0 Å². The standard InChI is InChI=1S/C29H33FN6O2/c1-37-23-9-6-19(7-10-23)15-20-17-32-28-26(27(20)38-25-11-8-21(31)16-24(25)30)29(34-33-28)36-14-4-5-22(36)18-35-12-2-3-13-35/h6-11,16-17,22H,2-5,12-15,18,31H2,1H3,(H,32,33,34)/t22-/m1/s1. The molecule has 38 heavy (non-hydrogen) atoms. The smallest absolute Gasteiger partial charge is 0.167 e. The van der Waals surface area contributed by atoms with Crippen molar-refractivity contribution in [2.75, 3.05) is 43.9 Å². The number of hydrogen-bond donors (Lipinski definition) is 2. The Morgan fingerprint density at radius 3 is 2.66 bits per heavy atom. The number of aromatic nitrogens is 3. The van der Waals surface area contributed by atoms with Crippen molar-refractivity contribution in [3.8, 4) is 17.2 Å². The van der Waals surface area contributed by atoms with Crippen LogP contribution >= 0.6 is 0 Å². The second kappa shape index (κ2) is 10.5. The van der Waals surface area contributed by atoms with E-state index in [-0.39, 0.29) is 5.75 Å². The zero-order valence-electron chi connectivity index (χ0n) is 21.6. The summed E-state index contributed by atoms with van der Waals surface area (Å²) in [6, 6.07) is 12.7. The van der Waals surface area contributed by atoms with E-state index in [4.69, 9.17) is 25.3 Å². The summed E-state index contributed by atoms with van der Waals surface area (Å²) in [7, 11) is 1.65. The molecule has 2 aromatic carbocycles. The van der Waals surface area contributed by atoms with Crippen LogP contribution in [0.3, 0.4) is 0 Å². The van der Waals surface area contributed by atoms with E-state index < -0.39 is 5.82 Å². The molecule has 2 aliphatic heterocycles. The second-order valence-corrected chi connectivity index (χ2v) is 10.2. The van der Waals surface area contributed by atoms with Crippen molar-refractivity contribution in [2.45, 2.75) is 38.1 Å². The summed E-state index contributed by atoms with van der Waals surface area (Å²) in [5, 5.41) is 8.61. The first kappa shape index (κ1) is 24.5. The Hall–Kier alpha value is -3.85. The van der Waals surface area contributed by atoms with E-state index >= 15 is 0 Å². The molecule has 1 atom stereocenters. The molecule has 0 spiro atoms. The summed E-state index contributed by atoms with van der Waals surface area (Å²) in [5.41, 5.74) is 8.67. The summed E-state index contributed by atoms with van der Waals surface area (Å²) in [4.78, 5) is 9.62. The van der Waals surface area contributed by atoms with Gasteiger partial charge in [-0.2, -0.15) is 5.10 Å². The molecule has 0 aliphatic carbocycles. The number of nitrogens with one attached hydrogen (secondary N) is 1. The van der Waals surface area contributed by atoms with E-state index in [1.165, 1.54) is 18.9 Å². The maximum absolute atomic E-state index is 14.9. The molecule has 0 bridgehead atoms. The number of nitrogens with zero attached hydrogens (tertiary/aromatic N) is 4. The fourth-order valence-electron chi connectivity index (χ4n) is 5.68. The van der Waals surface area contributed by atoms with E-state index in [2.05, 4.69) is 14.9 Å². The minimum Gasteiger partial charge on any atom is -0.497 e. The average Bonchev–Trinajstić information content (AvgIpc) is 3.69. The lowest BCUT2D eigenvalue weighted by Crippen LogP contribution is -2.39. The summed E-state index contributed by atoms with van der Waals surface area (Å²) < 4.78 is 26.6. The predicted molar refractivity (Wildman–Crippen MR) is 147 cm³/mol. The molecule has 8 nitrogen and oxygen atoms in total. The van der Waals surface area contributed by atoms with Gasteiger partial charge in [-0.3, -0.25) is 5.10 Å². The molecule has 198 valence electrons. The highest BCUT2D eigenvalue weighted by atomic mass is 19.1. The molecule has 9 heteroatoms. The molecule has 4 heterocycles. The Bertz CT molecular complexity index is 1420. The minimum absolute atomic E-state index is 0.116. The number of halogens is 1. The van der Waals surface area contributed by atoms with Gasteiger partial charge >= 0.3 is 0 Å². The third-order valence-corrected chi connectivity index (χ3v) is 7.63. The van der Waals surface area contributed by atoms with Crippen molar-refractivity contribution < 1.29 is 13.9 Å². The van der Waals surface area contributed by atoms with E-state index in [0.717, 1.165) is 67.1 Å². The SMILES string of the molecule is COc1ccc(Cc2cnc3[nH]nc(N4CCC[C@@H]4CN4CCCC4)c3c2Oc2ccc(N)cc2F)cc1. The van der Waals surface area contributed by atoms with Gasteiger partial charge < -0.3 is 25.0 Å².